The highest BCUT2D eigenvalue weighted by molar-refractivity contribution is 5.96. The molecular weight excluding hydrogens is 467 g/mol. The van der Waals surface area contributed by atoms with Crippen molar-refractivity contribution in [2.24, 2.45) is 7.05 Å². The zero-order valence-electron chi connectivity index (χ0n) is 20.6. The number of amides is 1. The largest absolute Gasteiger partial charge is 0.416 e. The molecule has 2 aliphatic heterocycles. The number of alkyl halides is 3. The normalized spacial score (nSPS) is 17.6. The van der Waals surface area contributed by atoms with Crippen molar-refractivity contribution >= 4 is 5.91 Å². The molecule has 9 heteroatoms. The molecule has 0 radical (unpaired) electrons. The lowest BCUT2D eigenvalue weighted by atomic mass is 9.96. The summed E-state index contributed by atoms with van der Waals surface area (Å²) in [4.78, 5) is 22.7. The Morgan fingerprint density at radius 3 is 2.39 bits per heavy atom. The van der Waals surface area contributed by atoms with Crippen molar-refractivity contribution in [1.82, 2.24) is 24.6 Å². The molecule has 0 saturated carbocycles. The number of carbonyl (C=O) groups is 1. The molecule has 2 aromatic heterocycles. The van der Waals surface area contributed by atoms with Gasteiger partial charge < -0.3 is 9.80 Å². The number of piperidine rings is 1. The summed E-state index contributed by atoms with van der Waals surface area (Å²) in [6.45, 7) is 5.44. The molecule has 0 N–H and O–H groups in total. The van der Waals surface area contributed by atoms with Crippen LogP contribution in [0.2, 0.25) is 0 Å². The maximum atomic E-state index is 13.6. The van der Waals surface area contributed by atoms with Gasteiger partial charge in [0.15, 0.2) is 0 Å². The molecule has 2 aliphatic rings. The highest BCUT2D eigenvalue weighted by Gasteiger charge is 2.32. The highest BCUT2D eigenvalue weighted by atomic mass is 19.4. The van der Waals surface area contributed by atoms with Gasteiger partial charge in [0.1, 0.15) is 5.69 Å². The average Bonchev–Trinajstić information content (AvgIpc) is 3.55. The molecule has 4 heterocycles. The summed E-state index contributed by atoms with van der Waals surface area (Å²) in [6, 6.07) is 9.26. The van der Waals surface area contributed by atoms with Crippen LogP contribution in [0.4, 0.5) is 13.2 Å². The van der Waals surface area contributed by atoms with Gasteiger partial charge in [-0.3, -0.25) is 9.48 Å². The van der Waals surface area contributed by atoms with Gasteiger partial charge >= 0.3 is 6.18 Å². The predicted molar refractivity (Wildman–Crippen MR) is 131 cm³/mol. The molecular formula is C27H30F3N5O. The third-order valence-corrected chi connectivity index (χ3v) is 7.39. The number of pyridine rings is 1. The summed E-state index contributed by atoms with van der Waals surface area (Å²) in [5.74, 6) is -0.133. The SMILES string of the molecule is Cc1cc(-c2cccc(C(F)(F)F)c2)c(-c2ccnn2C)nc1C(=O)N1CCC(N2CCCC2)CC1. The average molecular weight is 498 g/mol. The van der Waals surface area contributed by atoms with E-state index in [-0.39, 0.29) is 5.91 Å². The molecule has 6 nitrogen and oxygen atoms in total. The minimum Gasteiger partial charge on any atom is -0.337 e. The van der Waals surface area contributed by atoms with Gasteiger partial charge in [0.2, 0.25) is 0 Å². The van der Waals surface area contributed by atoms with Gasteiger partial charge in [-0.1, -0.05) is 12.1 Å². The van der Waals surface area contributed by atoms with Crippen molar-refractivity contribution in [1.29, 1.82) is 0 Å². The van der Waals surface area contributed by atoms with Crippen LogP contribution in [0.15, 0.2) is 42.6 Å². The number of nitrogens with zero attached hydrogens (tertiary/aromatic N) is 5. The first-order valence-corrected chi connectivity index (χ1v) is 12.4. The predicted octanol–water partition coefficient (Wildman–Crippen LogP) is 5.18. The molecule has 2 fully saturated rings. The van der Waals surface area contributed by atoms with Gasteiger partial charge in [0.05, 0.1) is 17.0 Å². The molecule has 5 rings (SSSR count). The summed E-state index contributed by atoms with van der Waals surface area (Å²) < 4.78 is 41.9. The van der Waals surface area contributed by atoms with E-state index < -0.39 is 11.7 Å². The van der Waals surface area contributed by atoms with Crippen LogP contribution in [0.5, 0.6) is 0 Å². The third kappa shape index (κ3) is 4.76. The Kier molecular flexibility index (Phi) is 6.59. The number of benzene rings is 1. The van der Waals surface area contributed by atoms with Gasteiger partial charge in [-0.05, 0) is 81.1 Å². The van der Waals surface area contributed by atoms with E-state index in [1.165, 1.54) is 18.9 Å². The maximum absolute atomic E-state index is 13.6. The van der Waals surface area contributed by atoms with E-state index in [1.54, 1.807) is 43.0 Å². The Balaban J connectivity index is 1.49. The van der Waals surface area contributed by atoms with Crippen molar-refractivity contribution in [2.45, 2.75) is 44.8 Å². The lowest BCUT2D eigenvalue weighted by Gasteiger charge is -2.36. The summed E-state index contributed by atoms with van der Waals surface area (Å²) >= 11 is 0. The minimum absolute atomic E-state index is 0.133. The Morgan fingerprint density at radius 2 is 1.75 bits per heavy atom. The Labute approximate surface area is 208 Å². The van der Waals surface area contributed by atoms with Crippen LogP contribution in [0.3, 0.4) is 0 Å². The zero-order valence-corrected chi connectivity index (χ0v) is 20.6. The second-order valence-electron chi connectivity index (χ2n) is 9.74. The lowest BCUT2D eigenvalue weighted by Crippen LogP contribution is -2.46. The van der Waals surface area contributed by atoms with E-state index >= 15 is 0 Å². The van der Waals surface area contributed by atoms with E-state index in [2.05, 4.69) is 10.00 Å². The number of hydrogen-bond acceptors (Lipinski definition) is 4. The van der Waals surface area contributed by atoms with Crippen molar-refractivity contribution in [3.05, 3.63) is 59.4 Å². The topological polar surface area (TPSA) is 54.3 Å². The molecule has 36 heavy (non-hydrogen) atoms. The van der Waals surface area contributed by atoms with Gasteiger partial charge in [0, 0.05) is 37.9 Å². The van der Waals surface area contributed by atoms with Crippen molar-refractivity contribution in [3.63, 3.8) is 0 Å². The summed E-state index contributed by atoms with van der Waals surface area (Å²) in [6.07, 6.45) is 1.54. The fourth-order valence-corrected chi connectivity index (χ4v) is 5.41. The maximum Gasteiger partial charge on any atom is 0.416 e. The van der Waals surface area contributed by atoms with Crippen molar-refractivity contribution in [3.8, 4) is 22.5 Å². The van der Waals surface area contributed by atoms with E-state index in [0.29, 0.717) is 52.9 Å². The number of aryl methyl sites for hydroxylation is 2. The fourth-order valence-electron chi connectivity index (χ4n) is 5.41. The lowest BCUT2D eigenvalue weighted by molar-refractivity contribution is -0.137. The molecule has 0 aliphatic carbocycles. The van der Waals surface area contributed by atoms with Crippen molar-refractivity contribution < 1.29 is 18.0 Å². The van der Waals surface area contributed by atoms with Gasteiger partial charge in [0.25, 0.3) is 5.91 Å². The number of rotatable bonds is 4. The first-order valence-electron chi connectivity index (χ1n) is 12.4. The van der Waals surface area contributed by atoms with Crippen LogP contribution in [0.25, 0.3) is 22.5 Å². The molecule has 0 unspecified atom stereocenters. The summed E-state index contributed by atoms with van der Waals surface area (Å²) in [5, 5.41) is 4.21. The molecule has 190 valence electrons. The van der Waals surface area contributed by atoms with Gasteiger partial charge in [-0.25, -0.2) is 4.98 Å². The number of carbonyl (C=O) groups excluding carboxylic acids is 1. The van der Waals surface area contributed by atoms with Crippen LogP contribution in [0.1, 0.15) is 47.3 Å². The molecule has 1 amide bonds. The van der Waals surface area contributed by atoms with Crippen LogP contribution >= 0.6 is 0 Å². The molecule has 3 aromatic rings. The Morgan fingerprint density at radius 1 is 1.03 bits per heavy atom. The quantitative estimate of drug-likeness (QED) is 0.499. The van der Waals surface area contributed by atoms with Crippen LogP contribution in [-0.4, -0.2) is 62.7 Å². The molecule has 2 saturated heterocycles. The van der Waals surface area contributed by atoms with Crippen LogP contribution < -0.4 is 0 Å². The van der Waals surface area contributed by atoms with Gasteiger partial charge in [-0.2, -0.15) is 18.3 Å². The van der Waals surface area contributed by atoms with E-state index in [1.807, 2.05) is 4.90 Å². The Bertz CT molecular complexity index is 1250. The smallest absolute Gasteiger partial charge is 0.337 e. The molecule has 1 aromatic carbocycles. The first-order chi connectivity index (χ1) is 17.2. The second kappa shape index (κ2) is 9.69. The van der Waals surface area contributed by atoms with E-state index in [9.17, 15) is 18.0 Å². The highest BCUT2D eigenvalue weighted by Crippen LogP contribution is 2.36. The minimum atomic E-state index is -4.46. The molecule has 0 bridgehead atoms. The Hall–Kier alpha value is -3.20. The third-order valence-electron chi connectivity index (χ3n) is 7.39. The molecule has 0 atom stereocenters. The number of likely N-dealkylation sites (tertiary alicyclic amines) is 2. The second-order valence-corrected chi connectivity index (χ2v) is 9.74. The number of halogens is 3. The van der Waals surface area contributed by atoms with Crippen LogP contribution in [-0.2, 0) is 13.2 Å². The van der Waals surface area contributed by atoms with E-state index in [0.717, 1.165) is 38.1 Å². The van der Waals surface area contributed by atoms with Gasteiger partial charge in [-0.15, -0.1) is 0 Å². The number of hydrogen-bond donors (Lipinski definition) is 0. The summed E-state index contributed by atoms with van der Waals surface area (Å²) in [5.41, 5.74) is 2.24. The zero-order chi connectivity index (χ0) is 25.4. The molecule has 0 spiro atoms. The summed E-state index contributed by atoms with van der Waals surface area (Å²) in [7, 11) is 1.75. The van der Waals surface area contributed by atoms with E-state index in [4.69, 9.17) is 4.98 Å². The van der Waals surface area contributed by atoms with Crippen molar-refractivity contribution in [2.75, 3.05) is 26.2 Å². The first kappa shape index (κ1) is 24.5. The van der Waals surface area contributed by atoms with Crippen LogP contribution in [0, 0.1) is 6.92 Å². The fraction of sp³-hybridized carbons (Fsp3) is 0.444. The standard InChI is InChI=1S/C27H30F3N5O/c1-18-16-22(19-6-5-7-20(17-19)27(28,29)30)25(23-8-11-31-33(23)2)32-24(18)26(36)35-14-9-21(10-15-35)34-12-3-4-13-34/h5-8,11,16-17,21H,3-4,9-10,12-15H2,1-2H3. The number of aromatic nitrogens is 3. The monoisotopic (exact) mass is 497 g/mol.